The van der Waals surface area contributed by atoms with Crippen LogP contribution in [-0.2, 0) is 17.1 Å². The number of halogens is 6. The highest BCUT2D eigenvalue weighted by Crippen LogP contribution is 2.47. The second-order valence-corrected chi connectivity index (χ2v) is 8.40. The zero-order valence-corrected chi connectivity index (χ0v) is 17.5. The Kier molecular flexibility index (Phi) is 6.74. The number of rotatable bonds is 6. The first-order valence-corrected chi connectivity index (χ1v) is 10.4. The number of aliphatic hydroxyl groups excluding tert-OH is 1. The maximum absolute atomic E-state index is 13.9. The molecule has 0 saturated heterocycles. The van der Waals surface area contributed by atoms with Gasteiger partial charge in [-0.05, 0) is 6.07 Å². The molecule has 3 rings (SSSR count). The predicted octanol–water partition coefficient (Wildman–Crippen LogP) is 3.48. The van der Waals surface area contributed by atoms with E-state index in [2.05, 4.69) is 9.97 Å². The van der Waals surface area contributed by atoms with E-state index in [1.165, 1.54) is 7.11 Å². The number of aliphatic hydroxyl groups is 1. The highest BCUT2D eigenvalue weighted by molar-refractivity contribution is 7.99. The molecule has 1 aromatic carbocycles. The van der Waals surface area contributed by atoms with Crippen molar-refractivity contribution < 1.29 is 36.2 Å². The summed E-state index contributed by atoms with van der Waals surface area (Å²) in [5.41, 5.74) is -4.54. The number of aromatic nitrogens is 3. The van der Waals surface area contributed by atoms with Gasteiger partial charge < -0.3 is 14.8 Å². The lowest BCUT2D eigenvalue weighted by Crippen LogP contribution is -2.24. The monoisotopic (exact) mass is 501 g/mol. The van der Waals surface area contributed by atoms with E-state index in [0.717, 1.165) is 0 Å². The quantitative estimate of drug-likeness (QED) is 0.353. The van der Waals surface area contributed by atoms with Gasteiger partial charge in [-0.1, -0.05) is 0 Å². The van der Waals surface area contributed by atoms with Crippen LogP contribution in [0.3, 0.4) is 0 Å². The molecule has 0 bridgehead atoms. The van der Waals surface area contributed by atoms with Gasteiger partial charge >= 0.3 is 18.0 Å². The highest BCUT2D eigenvalue weighted by atomic mass is 32.2. The summed E-state index contributed by atoms with van der Waals surface area (Å²) in [5.74, 6) is -0.136. The van der Waals surface area contributed by atoms with Crippen LogP contribution in [0.5, 0.6) is 0 Å². The Balaban J connectivity index is 2.40. The van der Waals surface area contributed by atoms with E-state index in [0.29, 0.717) is 24.0 Å². The van der Waals surface area contributed by atoms with E-state index < -0.39 is 62.7 Å². The van der Waals surface area contributed by atoms with E-state index in [1.54, 1.807) is 0 Å². The van der Waals surface area contributed by atoms with Crippen molar-refractivity contribution in [2.75, 3.05) is 19.5 Å². The van der Waals surface area contributed by atoms with Crippen molar-refractivity contribution >= 4 is 34.0 Å². The van der Waals surface area contributed by atoms with Crippen molar-refractivity contribution in [3.8, 4) is 10.6 Å². The average molecular weight is 501 g/mol. The molecule has 3 aromatic rings. The van der Waals surface area contributed by atoms with Crippen LogP contribution in [0.4, 0.5) is 26.3 Å². The van der Waals surface area contributed by atoms with Crippen molar-refractivity contribution in [1.29, 1.82) is 0 Å². The number of nitrogens with zero attached hydrogens (tertiary/aromatic N) is 1. The third-order valence-electron chi connectivity index (χ3n) is 4.25. The SMILES string of the molecule is CO[C@@H](CO)CSc1c(-c2ncc(C(F)(F)F)s2)c(C(F)(F)F)cc2c(=O)[nH]c(=O)[nH]c12. The van der Waals surface area contributed by atoms with Gasteiger partial charge in [0, 0.05) is 23.3 Å². The first kappa shape index (κ1) is 24.3. The molecule has 2 aromatic heterocycles. The van der Waals surface area contributed by atoms with E-state index in [1.807, 2.05) is 4.98 Å². The van der Waals surface area contributed by atoms with Crippen LogP contribution in [0.2, 0.25) is 0 Å². The lowest BCUT2D eigenvalue weighted by atomic mass is 10.0. The summed E-state index contributed by atoms with van der Waals surface area (Å²) in [6, 6.07) is 0.456. The third-order valence-corrected chi connectivity index (χ3v) is 6.54. The molecule has 0 aliphatic carbocycles. The summed E-state index contributed by atoms with van der Waals surface area (Å²) in [4.78, 5) is 30.0. The summed E-state index contributed by atoms with van der Waals surface area (Å²) in [5, 5.41) is 8.18. The molecule has 32 heavy (non-hydrogen) atoms. The molecule has 0 aliphatic heterocycles. The van der Waals surface area contributed by atoms with Crippen LogP contribution in [0.1, 0.15) is 10.4 Å². The second kappa shape index (κ2) is 8.88. The lowest BCUT2D eigenvalue weighted by molar-refractivity contribution is -0.137. The van der Waals surface area contributed by atoms with Gasteiger partial charge in [0.15, 0.2) is 0 Å². The van der Waals surface area contributed by atoms with Crippen LogP contribution in [0.25, 0.3) is 21.5 Å². The smallest absolute Gasteiger partial charge is 0.394 e. The molecule has 0 unspecified atom stereocenters. The number of hydrogen-bond donors (Lipinski definition) is 3. The number of aromatic amines is 2. The van der Waals surface area contributed by atoms with Gasteiger partial charge in [0.1, 0.15) is 9.88 Å². The Labute approximate surface area is 182 Å². The fourth-order valence-corrected chi connectivity index (χ4v) is 4.91. The van der Waals surface area contributed by atoms with Crippen molar-refractivity contribution in [1.82, 2.24) is 15.0 Å². The first-order valence-electron chi connectivity index (χ1n) is 8.57. The average Bonchev–Trinajstić information content (AvgIpc) is 3.18. The van der Waals surface area contributed by atoms with Gasteiger partial charge in [-0.2, -0.15) is 26.3 Å². The molecule has 15 heteroatoms. The van der Waals surface area contributed by atoms with Gasteiger partial charge in [0.05, 0.1) is 35.4 Å². The zero-order valence-electron chi connectivity index (χ0n) is 15.8. The number of hydrogen-bond acceptors (Lipinski definition) is 7. The molecule has 1 atom stereocenters. The summed E-state index contributed by atoms with van der Waals surface area (Å²) in [7, 11) is 1.25. The topological polar surface area (TPSA) is 108 Å². The zero-order chi connectivity index (χ0) is 23.8. The minimum absolute atomic E-state index is 0.00795. The Morgan fingerprint density at radius 3 is 2.41 bits per heavy atom. The number of H-pyrrole nitrogens is 2. The molecule has 0 fully saturated rings. The molecule has 174 valence electrons. The number of benzene rings is 1. The number of thioether (sulfide) groups is 1. The van der Waals surface area contributed by atoms with Crippen LogP contribution in [0.15, 0.2) is 26.7 Å². The van der Waals surface area contributed by atoms with E-state index in [-0.39, 0.29) is 27.5 Å². The third kappa shape index (κ3) is 4.84. The van der Waals surface area contributed by atoms with Gasteiger partial charge in [0.25, 0.3) is 5.56 Å². The number of methoxy groups -OCH3 is 1. The first-order chi connectivity index (χ1) is 14.9. The number of ether oxygens (including phenoxy) is 1. The maximum atomic E-state index is 13.9. The van der Waals surface area contributed by atoms with Gasteiger partial charge in [-0.15, -0.1) is 23.1 Å². The maximum Gasteiger partial charge on any atom is 0.427 e. The molecule has 7 nitrogen and oxygen atoms in total. The van der Waals surface area contributed by atoms with Crippen molar-refractivity contribution in [2.45, 2.75) is 23.4 Å². The largest absolute Gasteiger partial charge is 0.427 e. The molecule has 3 N–H and O–H groups in total. The summed E-state index contributed by atoms with van der Waals surface area (Å²) < 4.78 is 85.9. The standard InChI is InChI=1S/C17H13F6N3O4S2/c1-30-6(4-27)5-31-12-10(14-24-3-9(32-14)17(21,22)23)8(16(18,19)20)2-7-11(12)25-15(29)26-13(7)28/h2-3,6,27H,4-5H2,1H3,(H2,25,26,28,29)/t6-/m0/s1. The predicted molar refractivity (Wildman–Crippen MR) is 105 cm³/mol. The minimum Gasteiger partial charge on any atom is -0.394 e. The van der Waals surface area contributed by atoms with Gasteiger partial charge in [-0.25, -0.2) is 9.78 Å². The molecule has 2 heterocycles. The van der Waals surface area contributed by atoms with Gasteiger partial charge in [0.2, 0.25) is 0 Å². The van der Waals surface area contributed by atoms with E-state index in [4.69, 9.17) is 4.74 Å². The molecular formula is C17H13F6N3O4S2. The number of nitrogens with one attached hydrogen (secondary N) is 2. The molecule has 0 spiro atoms. The van der Waals surface area contributed by atoms with Crippen molar-refractivity contribution in [3.63, 3.8) is 0 Å². The van der Waals surface area contributed by atoms with Crippen LogP contribution < -0.4 is 11.2 Å². The summed E-state index contributed by atoms with van der Waals surface area (Å²) in [6.07, 6.45) is -10.3. The van der Waals surface area contributed by atoms with Crippen LogP contribution in [-0.4, -0.2) is 45.6 Å². The Morgan fingerprint density at radius 1 is 1.19 bits per heavy atom. The number of thiazole rings is 1. The van der Waals surface area contributed by atoms with Crippen LogP contribution >= 0.6 is 23.1 Å². The van der Waals surface area contributed by atoms with Crippen LogP contribution in [0, 0.1) is 0 Å². The Bertz CT molecular complexity index is 1240. The molecule has 0 aliphatic rings. The Hall–Kier alpha value is -2.36. The van der Waals surface area contributed by atoms with E-state index in [9.17, 15) is 41.0 Å². The Morgan fingerprint density at radius 2 is 1.88 bits per heavy atom. The summed E-state index contributed by atoms with van der Waals surface area (Å²) in [6.45, 7) is -0.498. The minimum atomic E-state index is -5.07. The highest BCUT2D eigenvalue weighted by Gasteiger charge is 2.39. The van der Waals surface area contributed by atoms with Gasteiger partial charge in [-0.3, -0.25) is 9.78 Å². The lowest BCUT2D eigenvalue weighted by Gasteiger charge is -2.19. The normalized spacial score (nSPS) is 13.6. The summed E-state index contributed by atoms with van der Waals surface area (Å²) >= 11 is 0.663. The molecule has 0 amide bonds. The fourth-order valence-electron chi connectivity index (χ4n) is 2.75. The molecule has 0 saturated carbocycles. The van der Waals surface area contributed by atoms with Crippen molar-refractivity contribution in [2.24, 2.45) is 0 Å². The molecule has 0 radical (unpaired) electrons. The second-order valence-electron chi connectivity index (χ2n) is 6.34. The van der Waals surface area contributed by atoms with E-state index >= 15 is 0 Å². The van der Waals surface area contributed by atoms with Crippen molar-refractivity contribution in [3.05, 3.63) is 43.5 Å². The fraction of sp³-hybridized carbons (Fsp3) is 0.353. The number of alkyl halides is 6. The number of fused-ring (bicyclic) bond motifs is 1. The molecular weight excluding hydrogens is 488 g/mol.